The molecule has 0 bridgehead atoms. The van der Waals surface area contributed by atoms with Crippen LogP contribution in [0.15, 0.2) is 47.4 Å². The van der Waals surface area contributed by atoms with Crippen molar-refractivity contribution < 1.29 is 19.0 Å². The molecule has 2 aromatic rings. The third-order valence-corrected chi connectivity index (χ3v) is 5.11. The van der Waals surface area contributed by atoms with Crippen LogP contribution in [-0.4, -0.2) is 32.5 Å². The van der Waals surface area contributed by atoms with Gasteiger partial charge in [-0.25, -0.2) is 0 Å². The molecular weight excluding hydrogens is 350 g/mol. The van der Waals surface area contributed by atoms with Crippen molar-refractivity contribution in [2.45, 2.75) is 30.0 Å². The summed E-state index contributed by atoms with van der Waals surface area (Å²) in [7, 11) is 4.83. The molecule has 0 aliphatic heterocycles. The average molecular weight is 375 g/mol. The molecule has 1 N–H and O–H groups in total. The van der Waals surface area contributed by atoms with Gasteiger partial charge in [-0.15, -0.1) is 11.8 Å². The normalized spacial score (nSPS) is 12.8. The molecule has 26 heavy (non-hydrogen) atoms. The number of hydrogen-bond acceptors (Lipinski definition) is 5. The van der Waals surface area contributed by atoms with Crippen LogP contribution in [0.2, 0.25) is 0 Å². The van der Waals surface area contributed by atoms with Crippen LogP contribution in [0.3, 0.4) is 0 Å². The Hall–Kier alpha value is -2.34. The molecule has 0 aromatic heterocycles. The van der Waals surface area contributed by atoms with E-state index in [2.05, 4.69) is 5.32 Å². The molecule has 0 aliphatic rings. The van der Waals surface area contributed by atoms with E-state index < -0.39 is 0 Å². The zero-order chi connectivity index (χ0) is 19.1. The van der Waals surface area contributed by atoms with Crippen LogP contribution in [0.1, 0.15) is 25.5 Å². The molecule has 5 nitrogen and oxygen atoms in total. The Balaban J connectivity index is 1.98. The number of carbonyl (C=O) groups excluding carboxylic acids is 1. The molecule has 1 amide bonds. The summed E-state index contributed by atoms with van der Waals surface area (Å²) in [6.07, 6.45) is 0. The van der Waals surface area contributed by atoms with E-state index in [1.165, 1.54) is 11.8 Å². The molecule has 140 valence electrons. The molecule has 0 heterocycles. The minimum atomic E-state index is -0.242. The van der Waals surface area contributed by atoms with Gasteiger partial charge in [-0.2, -0.15) is 0 Å². The van der Waals surface area contributed by atoms with E-state index in [0.717, 1.165) is 16.2 Å². The van der Waals surface area contributed by atoms with E-state index in [4.69, 9.17) is 14.2 Å². The Morgan fingerprint density at radius 1 is 0.923 bits per heavy atom. The van der Waals surface area contributed by atoms with E-state index in [9.17, 15) is 4.79 Å². The summed E-state index contributed by atoms with van der Waals surface area (Å²) < 4.78 is 15.7. The summed E-state index contributed by atoms with van der Waals surface area (Å²) in [6, 6.07) is 13.2. The highest BCUT2D eigenvalue weighted by Crippen LogP contribution is 2.33. The fraction of sp³-hybridized carbons (Fsp3) is 0.350. The van der Waals surface area contributed by atoms with Crippen molar-refractivity contribution in [2.75, 3.05) is 21.3 Å². The minimum Gasteiger partial charge on any atom is -0.497 e. The lowest BCUT2D eigenvalue weighted by molar-refractivity contribution is -0.120. The van der Waals surface area contributed by atoms with Gasteiger partial charge < -0.3 is 19.5 Å². The zero-order valence-electron chi connectivity index (χ0n) is 15.7. The summed E-state index contributed by atoms with van der Waals surface area (Å²) in [6.45, 7) is 3.85. The molecule has 0 aliphatic carbocycles. The molecule has 0 spiro atoms. The fourth-order valence-electron chi connectivity index (χ4n) is 2.45. The Kier molecular flexibility index (Phi) is 7.21. The molecule has 2 atom stereocenters. The van der Waals surface area contributed by atoms with Gasteiger partial charge in [-0.3, -0.25) is 4.79 Å². The van der Waals surface area contributed by atoms with Crippen molar-refractivity contribution in [3.63, 3.8) is 0 Å². The first kappa shape index (κ1) is 20.0. The predicted molar refractivity (Wildman–Crippen MR) is 104 cm³/mol. The summed E-state index contributed by atoms with van der Waals surface area (Å²) in [4.78, 5) is 13.5. The summed E-state index contributed by atoms with van der Waals surface area (Å²) in [5.41, 5.74) is 1.03. The van der Waals surface area contributed by atoms with Crippen LogP contribution in [0.25, 0.3) is 0 Å². The van der Waals surface area contributed by atoms with Crippen LogP contribution in [-0.2, 0) is 4.79 Å². The number of thioether (sulfide) groups is 1. The third-order valence-electron chi connectivity index (χ3n) is 4.01. The highest BCUT2D eigenvalue weighted by Gasteiger charge is 2.18. The quantitative estimate of drug-likeness (QED) is 0.705. The van der Waals surface area contributed by atoms with Crippen molar-refractivity contribution in [2.24, 2.45) is 0 Å². The van der Waals surface area contributed by atoms with Gasteiger partial charge in [0.2, 0.25) is 5.91 Å². The molecule has 0 fully saturated rings. The van der Waals surface area contributed by atoms with Gasteiger partial charge in [-0.05, 0) is 49.7 Å². The lowest BCUT2D eigenvalue weighted by atomic mass is 10.1. The Labute approximate surface area is 159 Å². The maximum Gasteiger partial charge on any atom is 0.233 e. The molecule has 0 saturated heterocycles. The van der Waals surface area contributed by atoms with E-state index in [1.807, 2.05) is 56.3 Å². The number of nitrogens with one attached hydrogen (secondary N) is 1. The van der Waals surface area contributed by atoms with E-state index in [1.54, 1.807) is 21.3 Å². The number of amides is 1. The number of hydrogen-bond donors (Lipinski definition) is 1. The van der Waals surface area contributed by atoms with Crippen molar-refractivity contribution in [3.8, 4) is 17.2 Å². The first-order chi connectivity index (χ1) is 12.5. The van der Waals surface area contributed by atoms with E-state index in [-0.39, 0.29) is 17.2 Å². The maximum absolute atomic E-state index is 12.5. The second kappa shape index (κ2) is 9.38. The highest BCUT2D eigenvalue weighted by molar-refractivity contribution is 8.00. The van der Waals surface area contributed by atoms with Gasteiger partial charge in [-0.1, -0.05) is 12.1 Å². The van der Waals surface area contributed by atoms with Crippen LogP contribution in [0.4, 0.5) is 0 Å². The number of benzene rings is 2. The minimum absolute atomic E-state index is 0.0203. The molecule has 2 rings (SSSR count). The second-order valence-corrected chi connectivity index (χ2v) is 7.19. The van der Waals surface area contributed by atoms with Crippen LogP contribution >= 0.6 is 11.8 Å². The largest absolute Gasteiger partial charge is 0.497 e. The van der Waals surface area contributed by atoms with Gasteiger partial charge in [0.15, 0.2) is 11.5 Å². The molecule has 2 aromatic carbocycles. The topological polar surface area (TPSA) is 56.8 Å². The van der Waals surface area contributed by atoms with Crippen molar-refractivity contribution in [3.05, 3.63) is 48.0 Å². The van der Waals surface area contributed by atoms with Crippen molar-refractivity contribution >= 4 is 17.7 Å². The molecule has 6 heteroatoms. The van der Waals surface area contributed by atoms with E-state index in [0.29, 0.717) is 11.5 Å². The predicted octanol–water partition coefficient (Wildman–Crippen LogP) is 4.07. The Bertz CT molecular complexity index is 733. The number of methoxy groups -OCH3 is 3. The summed E-state index contributed by atoms with van der Waals surface area (Å²) >= 11 is 1.48. The molecule has 0 saturated carbocycles. The molecular formula is C20H25NO4S. The van der Waals surface area contributed by atoms with Gasteiger partial charge in [0.05, 0.1) is 32.6 Å². The number of rotatable bonds is 8. The first-order valence-electron chi connectivity index (χ1n) is 8.31. The summed E-state index contributed by atoms with van der Waals surface area (Å²) in [5, 5.41) is 2.81. The first-order valence-corrected chi connectivity index (χ1v) is 9.19. The summed E-state index contributed by atoms with van der Waals surface area (Å²) in [5.74, 6) is 2.09. The maximum atomic E-state index is 12.5. The van der Waals surface area contributed by atoms with Crippen molar-refractivity contribution in [1.29, 1.82) is 0 Å². The standard InChI is InChI=1S/C20H25NO4S/c1-13(15-6-8-16(23-3)9-7-15)21-20(22)14(2)26-17-10-11-18(24-4)19(12-17)25-5/h6-14H,1-5H3,(H,21,22)/t13-,14-/m0/s1. The van der Waals surface area contributed by atoms with Gasteiger partial charge in [0.25, 0.3) is 0 Å². The van der Waals surface area contributed by atoms with Crippen LogP contribution in [0.5, 0.6) is 17.2 Å². The van der Waals surface area contributed by atoms with Crippen molar-refractivity contribution in [1.82, 2.24) is 5.32 Å². The Morgan fingerprint density at radius 2 is 1.58 bits per heavy atom. The second-order valence-electron chi connectivity index (χ2n) is 5.78. The highest BCUT2D eigenvalue weighted by atomic mass is 32.2. The van der Waals surface area contributed by atoms with Crippen LogP contribution in [0, 0.1) is 0 Å². The molecule has 0 radical (unpaired) electrons. The van der Waals surface area contributed by atoms with Gasteiger partial charge in [0.1, 0.15) is 5.75 Å². The van der Waals surface area contributed by atoms with Gasteiger partial charge >= 0.3 is 0 Å². The number of ether oxygens (including phenoxy) is 3. The third kappa shape index (κ3) is 5.08. The Morgan fingerprint density at radius 3 is 2.15 bits per heavy atom. The average Bonchev–Trinajstić information content (AvgIpc) is 2.67. The lowest BCUT2D eigenvalue weighted by Crippen LogP contribution is -2.33. The number of carbonyl (C=O) groups is 1. The smallest absolute Gasteiger partial charge is 0.233 e. The van der Waals surface area contributed by atoms with Crippen LogP contribution < -0.4 is 19.5 Å². The zero-order valence-corrected chi connectivity index (χ0v) is 16.6. The van der Waals surface area contributed by atoms with E-state index >= 15 is 0 Å². The SMILES string of the molecule is COc1ccc([C@H](C)NC(=O)[C@H](C)Sc2ccc(OC)c(OC)c2)cc1. The monoisotopic (exact) mass is 375 g/mol. The van der Waals surface area contributed by atoms with Gasteiger partial charge in [0, 0.05) is 4.90 Å². The molecule has 0 unspecified atom stereocenters. The lowest BCUT2D eigenvalue weighted by Gasteiger charge is -2.18. The fourth-order valence-corrected chi connectivity index (χ4v) is 3.36.